The van der Waals surface area contributed by atoms with Gasteiger partial charge in [-0.1, -0.05) is 15.9 Å². The summed E-state index contributed by atoms with van der Waals surface area (Å²) in [6.45, 7) is 0.583. The molecule has 1 rings (SSSR count). The number of hydrogen-bond acceptors (Lipinski definition) is 3. The highest BCUT2D eigenvalue weighted by molar-refractivity contribution is 9.10. The molecule has 0 aromatic heterocycles. The minimum atomic E-state index is -3.78. The average Bonchev–Trinajstić information content (AvgIpc) is 2.17. The van der Waals surface area contributed by atoms with Gasteiger partial charge in [0.05, 0.1) is 0 Å². The first-order valence-corrected chi connectivity index (χ1v) is 6.90. The van der Waals surface area contributed by atoms with Gasteiger partial charge in [-0.3, -0.25) is 0 Å². The van der Waals surface area contributed by atoms with E-state index in [4.69, 9.17) is 5.73 Å². The van der Waals surface area contributed by atoms with Crippen molar-refractivity contribution in [1.29, 1.82) is 0 Å². The van der Waals surface area contributed by atoms with E-state index in [9.17, 15) is 12.8 Å². The number of nitrogens with two attached hydrogens (primary N) is 1. The lowest BCUT2D eigenvalue weighted by molar-refractivity contribution is 0.555. The van der Waals surface area contributed by atoms with E-state index in [1.165, 1.54) is 12.1 Å². The van der Waals surface area contributed by atoms with Gasteiger partial charge in [0.2, 0.25) is 10.0 Å². The van der Waals surface area contributed by atoms with Crippen LogP contribution in [0.25, 0.3) is 0 Å². The van der Waals surface area contributed by atoms with Gasteiger partial charge in [0.15, 0.2) is 0 Å². The molecule has 0 aliphatic rings. The van der Waals surface area contributed by atoms with Gasteiger partial charge < -0.3 is 5.73 Å². The molecule has 0 aliphatic heterocycles. The SMILES string of the molecule is NCCCNS(=O)(=O)c1ccc(Br)cc1F. The van der Waals surface area contributed by atoms with Crippen LogP contribution in [-0.2, 0) is 10.0 Å². The summed E-state index contributed by atoms with van der Waals surface area (Å²) in [4.78, 5) is -0.354. The number of rotatable bonds is 5. The molecular weight excluding hydrogens is 299 g/mol. The Balaban J connectivity index is 2.90. The molecule has 3 N–H and O–H groups in total. The molecule has 1 aromatic carbocycles. The summed E-state index contributed by atoms with van der Waals surface area (Å²) in [7, 11) is -3.78. The first-order valence-electron chi connectivity index (χ1n) is 4.62. The molecule has 16 heavy (non-hydrogen) atoms. The van der Waals surface area contributed by atoms with Crippen LogP contribution >= 0.6 is 15.9 Å². The van der Waals surface area contributed by atoms with E-state index < -0.39 is 15.8 Å². The first-order chi connectivity index (χ1) is 7.47. The maximum Gasteiger partial charge on any atom is 0.243 e. The molecule has 1 aromatic rings. The van der Waals surface area contributed by atoms with Crippen LogP contribution in [0.4, 0.5) is 4.39 Å². The molecule has 0 saturated heterocycles. The molecule has 0 heterocycles. The van der Waals surface area contributed by atoms with Crippen molar-refractivity contribution >= 4 is 26.0 Å². The largest absolute Gasteiger partial charge is 0.330 e. The third-order valence-electron chi connectivity index (χ3n) is 1.86. The van der Waals surface area contributed by atoms with Crippen molar-refractivity contribution in [3.05, 3.63) is 28.5 Å². The number of sulfonamides is 1. The molecule has 0 fully saturated rings. The third kappa shape index (κ3) is 3.51. The topological polar surface area (TPSA) is 72.2 Å². The molecule has 0 aliphatic carbocycles. The summed E-state index contributed by atoms with van der Waals surface area (Å²) < 4.78 is 39.4. The van der Waals surface area contributed by atoms with Crippen LogP contribution in [0.15, 0.2) is 27.6 Å². The highest BCUT2D eigenvalue weighted by Gasteiger charge is 2.18. The summed E-state index contributed by atoms with van der Waals surface area (Å²) in [6, 6.07) is 3.79. The fourth-order valence-electron chi connectivity index (χ4n) is 1.08. The number of nitrogens with one attached hydrogen (secondary N) is 1. The van der Waals surface area contributed by atoms with E-state index in [0.29, 0.717) is 17.4 Å². The summed E-state index contributed by atoms with van der Waals surface area (Å²) in [5.41, 5.74) is 5.23. The van der Waals surface area contributed by atoms with Gasteiger partial charge in [0, 0.05) is 11.0 Å². The van der Waals surface area contributed by atoms with Crippen LogP contribution in [0.2, 0.25) is 0 Å². The molecule has 0 amide bonds. The Morgan fingerprint density at radius 2 is 2.12 bits per heavy atom. The molecule has 7 heteroatoms. The van der Waals surface area contributed by atoms with Gasteiger partial charge in [0.25, 0.3) is 0 Å². The van der Waals surface area contributed by atoms with E-state index in [0.717, 1.165) is 6.07 Å². The maximum absolute atomic E-state index is 13.4. The smallest absolute Gasteiger partial charge is 0.243 e. The second-order valence-electron chi connectivity index (χ2n) is 3.11. The molecule has 0 spiro atoms. The number of benzene rings is 1. The van der Waals surface area contributed by atoms with Crippen LogP contribution < -0.4 is 10.5 Å². The zero-order chi connectivity index (χ0) is 12.2. The van der Waals surface area contributed by atoms with Gasteiger partial charge in [-0.05, 0) is 31.2 Å². The Morgan fingerprint density at radius 1 is 1.44 bits per heavy atom. The standard InChI is InChI=1S/C9H12BrFN2O2S/c10-7-2-3-9(8(11)6-7)16(14,15)13-5-1-4-12/h2-3,6,13H,1,4-5,12H2. The lowest BCUT2D eigenvalue weighted by Gasteiger charge is -2.07. The summed E-state index contributed by atoms with van der Waals surface area (Å²) in [5, 5.41) is 0. The number of halogens is 2. The van der Waals surface area contributed by atoms with E-state index in [1.807, 2.05) is 0 Å². The Labute approximate surface area is 102 Å². The van der Waals surface area contributed by atoms with Gasteiger partial charge in [-0.25, -0.2) is 17.5 Å². The predicted molar refractivity (Wildman–Crippen MR) is 63.0 cm³/mol. The average molecular weight is 311 g/mol. The van der Waals surface area contributed by atoms with Crippen LogP contribution in [0.3, 0.4) is 0 Å². The summed E-state index contributed by atoms with van der Waals surface area (Å²) >= 11 is 3.06. The monoisotopic (exact) mass is 310 g/mol. The molecule has 0 atom stereocenters. The fraction of sp³-hybridized carbons (Fsp3) is 0.333. The van der Waals surface area contributed by atoms with E-state index >= 15 is 0 Å². The molecule has 0 radical (unpaired) electrons. The summed E-state index contributed by atoms with van der Waals surface area (Å²) in [5.74, 6) is -0.783. The van der Waals surface area contributed by atoms with E-state index in [2.05, 4.69) is 20.7 Å². The fourth-order valence-corrected chi connectivity index (χ4v) is 2.54. The van der Waals surface area contributed by atoms with E-state index in [-0.39, 0.29) is 11.4 Å². The molecular formula is C9H12BrFN2O2S. The number of hydrogen-bond donors (Lipinski definition) is 2. The van der Waals surface area contributed by atoms with Crippen molar-refractivity contribution in [3.63, 3.8) is 0 Å². The van der Waals surface area contributed by atoms with Gasteiger partial charge in [-0.2, -0.15) is 0 Å². The maximum atomic E-state index is 13.4. The highest BCUT2D eigenvalue weighted by Crippen LogP contribution is 2.18. The van der Waals surface area contributed by atoms with Crippen LogP contribution in [0.5, 0.6) is 0 Å². The Hall–Kier alpha value is -0.500. The molecule has 0 saturated carbocycles. The minimum Gasteiger partial charge on any atom is -0.330 e. The van der Waals surface area contributed by atoms with E-state index in [1.54, 1.807) is 0 Å². The normalized spacial score (nSPS) is 11.7. The van der Waals surface area contributed by atoms with Gasteiger partial charge in [-0.15, -0.1) is 0 Å². The lowest BCUT2D eigenvalue weighted by Crippen LogP contribution is -2.27. The van der Waals surface area contributed by atoms with Gasteiger partial charge in [0.1, 0.15) is 10.7 Å². The van der Waals surface area contributed by atoms with Crippen molar-refractivity contribution in [3.8, 4) is 0 Å². The Morgan fingerprint density at radius 3 is 2.69 bits per heavy atom. The zero-order valence-electron chi connectivity index (χ0n) is 8.41. The molecule has 4 nitrogen and oxygen atoms in total. The lowest BCUT2D eigenvalue weighted by atomic mass is 10.3. The zero-order valence-corrected chi connectivity index (χ0v) is 10.8. The minimum absolute atomic E-state index is 0.203. The predicted octanol–water partition coefficient (Wildman–Crippen LogP) is 1.22. The van der Waals surface area contributed by atoms with Crippen LogP contribution in [0, 0.1) is 5.82 Å². The Bertz CT molecular complexity index is 465. The second kappa shape index (κ2) is 5.72. The van der Waals surface area contributed by atoms with Crippen molar-refractivity contribution < 1.29 is 12.8 Å². The van der Waals surface area contributed by atoms with Crippen LogP contribution in [0.1, 0.15) is 6.42 Å². The van der Waals surface area contributed by atoms with Crippen molar-refractivity contribution in [1.82, 2.24) is 4.72 Å². The van der Waals surface area contributed by atoms with Gasteiger partial charge >= 0.3 is 0 Å². The molecule has 0 unspecified atom stereocenters. The molecule has 90 valence electrons. The van der Waals surface area contributed by atoms with Crippen LogP contribution in [-0.4, -0.2) is 21.5 Å². The quantitative estimate of drug-likeness (QED) is 0.803. The second-order valence-corrected chi connectivity index (χ2v) is 5.77. The van der Waals surface area contributed by atoms with Crippen molar-refractivity contribution in [2.24, 2.45) is 5.73 Å². The third-order valence-corrected chi connectivity index (χ3v) is 3.84. The summed E-state index contributed by atoms with van der Waals surface area (Å²) in [6.07, 6.45) is 0.511. The first kappa shape index (κ1) is 13.6. The van der Waals surface area contributed by atoms with Crippen molar-refractivity contribution in [2.75, 3.05) is 13.1 Å². The Kier molecular flexibility index (Phi) is 4.85. The van der Waals surface area contributed by atoms with Crippen molar-refractivity contribution in [2.45, 2.75) is 11.3 Å². The molecule has 0 bridgehead atoms. The highest BCUT2D eigenvalue weighted by atomic mass is 79.9.